The third-order valence-electron chi connectivity index (χ3n) is 3.51. The zero-order chi connectivity index (χ0) is 19.2. The summed E-state index contributed by atoms with van der Waals surface area (Å²) in [6.07, 6.45) is 3.46. The van der Waals surface area contributed by atoms with Crippen LogP contribution in [-0.4, -0.2) is 26.9 Å². The van der Waals surface area contributed by atoms with Crippen LogP contribution in [0.25, 0.3) is 11.4 Å². The van der Waals surface area contributed by atoms with Crippen molar-refractivity contribution >= 4 is 23.2 Å². The number of halogens is 1. The summed E-state index contributed by atoms with van der Waals surface area (Å²) < 4.78 is 19.0. The zero-order valence-electron chi connectivity index (χ0n) is 14.4. The number of amides is 2. The maximum Gasteiger partial charge on any atom is 0.227 e. The highest BCUT2D eigenvalue weighted by molar-refractivity contribution is 5.93. The van der Waals surface area contributed by atoms with Crippen LogP contribution in [0, 0.1) is 5.82 Å². The van der Waals surface area contributed by atoms with Crippen LogP contribution >= 0.6 is 0 Å². The van der Waals surface area contributed by atoms with Gasteiger partial charge in [0.05, 0.1) is 5.69 Å². The fourth-order valence-electron chi connectivity index (χ4n) is 2.30. The lowest BCUT2D eigenvalue weighted by atomic mass is 10.2. The molecule has 8 nitrogen and oxygen atoms in total. The number of pyridine rings is 1. The lowest BCUT2D eigenvalue weighted by molar-refractivity contribution is -0.116. The minimum Gasteiger partial charge on any atom is -0.339 e. The van der Waals surface area contributed by atoms with Gasteiger partial charge in [-0.25, -0.2) is 4.39 Å². The van der Waals surface area contributed by atoms with Gasteiger partial charge in [-0.2, -0.15) is 4.98 Å². The maximum absolute atomic E-state index is 13.8. The third kappa shape index (κ3) is 4.94. The van der Waals surface area contributed by atoms with E-state index in [0.29, 0.717) is 17.1 Å². The fourth-order valence-corrected chi connectivity index (χ4v) is 2.30. The van der Waals surface area contributed by atoms with Crippen molar-refractivity contribution in [1.82, 2.24) is 15.1 Å². The molecule has 0 aliphatic heterocycles. The van der Waals surface area contributed by atoms with E-state index in [1.165, 1.54) is 25.1 Å². The molecule has 2 aromatic heterocycles. The Hall–Kier alpha value is -3.62. The van der Waals surface area contributed by atoms with Crippen LogP contribution in [0.1, 0.15) is 19.2 Å². The molecule has 3 aromatic rings. The van der Waals surface area contributed by atoms with E-state index in [9.17, 15) is 14.0 Å². The molecule has 3 rings (SSSR count). The summed E-state index contributed by atoms with van der Waals surface area (Å²) in [6, 6.07) is 7.47. The summed E-state index contributed by atoms with van der Waals surface area (Å²) in [4.78, 5) is 31.3. The van der Waals surface area contributed by atoms with E-state index in [1.807, 2.05) is 0 Å². The Balaban J connectivity index is 1.59. The predicted molar refractivity (Wildman–Crippen MR) is 95.2 cm³/mol. The number of carbonyl (C=O) groups excluding carboxylic acids is 2. The average Bonchev–Trinajstić information content (AvgIpc) is 3.12. The van der Waals surface area contributed by atoms with E-state index in [-0.39, 0.29) is 30.3 Å². The number of hydrogen-bond donors (Lipinski definition) is 2. The van der Waals surface area contributed by atoms with E-state index in [0.717, 1.165) is 0 Å². The summed E-state index contributed by atoms with van der Waals surface area (Å²) >= 11 is 0. The highest BCUT2D eigenvalue weighted by atomic mass is 19.1. The lowest BCUT2D eigenvalue weighted by Crippen LogP contribution is -2.14. The van der Waals surface area contributed by atoms with Gasteiger partial charge in [-0.3, -0.25) is 14.6 Å². The van der Waals surface area contributed by atoms with Gasteiger partial charge < -0.3 is 15.2 Å². The van der Waals surface area contributed by atoms with Gasteiger partial charge in [0, 0.05) is 43.4 Å². The molecule has 1 aromatic carbocycles. The van der Waals surface area contributed by atoms with Gasteiger partial charge in [0.2, 0.25) is 23.5 Å². The number of rotatable bonds is 6. The highest BCUT2D eigenvalue weighted by Gasteiger charge is 2.13. The Labute approximate surface area is 153 Å². The Kier molecular flexibility index (Phi) is 5.50. The SMILES string of the molecule is CC(=O)Nc1ccc(F)c(NC(=O)CCc2nc(-c3cccnc3)no2)c1. The molecule has 0 saturated carbocycles. The molecule has 138 valence electrons. The normalized spacial score (nSPS) is 10.4. The maximum atomic E-state index is 13.8. The molecule has 2 N–H and O–H groups in total. The van der Waals surface area contributed by atoms with Crippen LogP contribution < -0.4 is 10.6 Å². The van der Waals surface area contributed by atoms with Crippen molar-refractivity contribution in [2.75, 3.05) is 10.6 Å². The highest BCUT2D eigenvalue weighted by Crippen LogP contribution is 2.20. The smallest absolute Gasteiger partial charge is 0.227 e. The van der Waals surface area contributed by atoms with Crippen LogP contribution in [0.4, 0.5) is 15.8 Å². The van der Waals surface area contributed by atoms with Gasteiger partial charge >= 0.3 is 0 Å². The van der Waals surface area contributed by atoms with Crippen molar-refractivity contribution < 1.29 is 18.5 Å². The molecular weight excluding hydrogens is 353 g/mol. The second kappa shape index (κ2) is 8.17. The first-order chi connectivity index (χ1) is 13.0. The van der Waals surface area contributed by atoms with Crippen molar-refractivity contribution in [3.05, 3.63) is 54.4 Å². The number of aryl methyl sites for hydroxylation is 1. The molecule has 0 atom stereocenters. The van der Waals surface area contributed by atoms with Crippen LogP contribution in [0.2, 0.25) is 0 Å². The summed E-state index contributed by atoms with van der Waals surface area (Å²) in [6.45, 7) is 1.34. The number of aromatic nitrogens is 3. The van der Waals surface area contributed by atoms with E-state index in [2.05, 4.69) is 25.8 Å². The third-order valence-corrected chi connectivity index (χ3v) is 3.51. The Morgan fingerprint density at radius 1 is 1.22 bits per heavy atom. The molecule has 2 heterocycles. The van der Waals surface area contributed by atoms with Crippen molar-refractivity contribution in [1.29, 1.82) is 0 Å². The number of nitrogens with one attached hydrogen (secondary N) is 2. The van der Waals surface area contributed by atoms with Crippen molar-refractivity contribution in [2.24, 2.45) is 0 Å². The summed E-state index contributed by atoms with van der Waals surface area (Å²) in [5.74, 6) is -0.646. The Bertz CT molecular complexity index is 959. The van der Waals surface area contributed by atoms with Gasteiger partial charge in [0.1, 0.15) is 5.82 Å². The first-order valence-electron chi connectivity index (χ1n) is 8.11. The molecule has 9 heteroatoms. The van der Waals surface area contributed by atoms with Gasteiger partial charge in [0.25, 0.3) is 0 Å². The molecule has 0 fully saturated rings. The van der Waals surface area contributed by atoms with Crippen molar-refractivity contribution in [3.63, 3.8) is 0 Å². The number of carbonyl (C=O) groups is 2. The number of nitrogens with zero attached hydrogens (tertiary/aromatic N) is 3. The second-order valence-corrected chi connectivity index (χ2v) is 5.68. The molecule has 0 unspecified atom stereocenters. The Morgan fingerprint density at radius 3 is 2.81 bits per heavy atom. The van der Waals surface area contributed by atoms with Crippen LogP contribution in [0.5, 0.6) is 0 Å². The van der Waals surface area contributed by atoms with Crippen LogP contribution in [0.15, 0.2) is 47.2 Å². The molecule has 0 spiro atoms. The first kappa shape index (κ1) is 18.2. The summed E-state index contributed by atoms with van der Waals surface area (Å²) in [5.41, 5.74) is 1.07. The topological polar surface area (TPSA) is 110 Å². The second-order valence-electron chi connectivity index (χ2n) is 5.68. The molecule has 0 radical (unpaired) electrons. The molecule has 0 bridgehead atoms. The molecule has 0 aliphatic rings. The zero-order valence-corrected chi connectivity index (χ0v) is 14.4. The van der Waals surface area contributed by atoms with Gasteiger partial charge in [-0.15, -0.1) is 0 Å². The van der Waals surface area contributed by atoms with E-state index in [4.69, 9.17) is 4.52 Å². The molecule has 2 amide bonds. The van der Waals surface area contributed by atoms with E-state index >= 15 is 0 Å². The van der Waals surface area contributed by atoms with Crippen LogP contribution in [-0.2, 0) is 16.0 Å². The number of hydrogen-bond acceptors (Lipinski definition) is 6. The summed E-state index contributed by atoms with van der Waals surface area (Å²) in [5, 5.41) is 8.84. The quantitative estimate of drug-likeness (QED) is 0.691. The summed E-state index contributed by atoms with van der Waals surface area (Å²) in [7, 11) is 0. The minimum absolute atomic E-state index is 0.0205. The van der Waals surface area contributed by atoms with E-state index < -0.39 is 11.7 Å². The molecule has 0 saturated heterocycles. The first-order valence-corrected chi connectivity index (χ1v) is 8.11. The predicted octanol–water partition coefficient (Wildman–Crippen LogP) is 2.80. The monoisotopic (exact) mass is 369 g/mol. The Morgan fingerprint density at radius 2 is 2.07 bits per heavy atom. The standard InChI is InChI=1S/C18H16FN5O3/c1-11(25)21-13-4-5-14(19)15(9-13)22-16(26)6-7-17-23-18(24-27-17)12-3-2-8-20-10-12/h2-5,8-10H,6-7H2,1H3,(H,21,25)(H,22,26). The molecule has 27 heavy (non-hydrogen) atoms. The van der Waals surface area contributed by atoms with Crippen molar-refractivity contribution in [2.45, 2.75) is 19.8 Å². The van der Waals surface area contributed by atoms with Gasteiger partial charge in [0.15, 0.2) is 0 Å². The number of benzene rings is 1. The lowest BCUT2D eigenvalue weighted by Gasteiger charge is -2.08. The molecular formula is C18H16FN5O3. The largest absolute Gasteiger partial charge is 0.339 e. The van der Waals surface area contributed by atoms with Crippen LogP contribution in [0.3, 0.4) is 0 Å². The van der Waals surface area contributed by atoms with E-state index in [1.54, 1.807) is 24.5 Å². The van der Waals surface area contributed by atoms with Crippen molar-refractivity contribution in [3.8, 4) is 11.4 Å². The van der Waals surface area contributed by atoms with Gasteiger partial charge in [-0.05, 0) is 30.3 Å². The number of anilines is 2. The van der Waals surface area contributed by atoms with Gasteiger partial charge in [-0.1, -0.05) is 5.16 Å². The minimum atomic E-state index is -0.603. The molecule has 0 aliphatic carbocycles. The average molecular weight is 369 g/mol. The fraction of sp³-hybridized carbons (Fsp3) is 0.167.